The summed E-state index contributed by atoms with van der Waals surface area (Å²) < 4.78 is 11.0. The number of pyridine rings is 1. The van der Waals surface area contributed by atoms with Gasteiger partial charge in [-0.2, -0.15) is 9.97 Å². The second kappa shape index (κ2) is 9.80. The Bertz CT molecular complexity index is 1290. The number of nitrogens with one attached hydrogen (secondary N) is 2. The zero-order valence-electron chi connectivity index (χ0n) is 17.0. The van der Waals surface area contributed by atoms with Crippen molar-refractivity contribution >= 4 is 35.1 Å². The Kier molecular flexibility index (Phi) is 6.91. The Morgan fingerprint density at radius 2 is 1.97 bits per heavy atom. The maximum atomic E-state index is 11.3. The number of hydrogen-bond acceptors (Lipinski definition) is 5. The number of rotatable bonds is 5. The number of carboxylic acid groups (broad SMARTS) is 2. The summed E-state index contributed by atoms with van der Waals surface area (Å²) in [4.78, 5) is 30.3. The fraction of sp³-hybridized carbons (Fsp3) is 0.0909. The lowest BCUT2D eigenvalue weighted by molar-refractivity contribution is -0.380. The van der Waals surface area contributed by atoms with Crippen molar-refractivity contribution in [3.8, 4) is 28.9 Å². The molecule has 0 radical (unpaired) electrons. The molecule has 9 nitrogen and oxygen atoms in total. The number of aromatic nitrogens is 3. The molecule has 4 N–H and O–H groups in total. The second-order valence-corrected chi connectivity index (χ2v) is 6.92. The molecule has 2 heterocycles. The number of H-pyrrole nitrogens is 2. The molecule has 0 amide bonds. The SMILES string of the molecule is COc1cccc(-c2cc3nc(Oc4ccc(C)c(C(=O)O)c4)[nH]c3cc2Cl)[nH+]1.O=CO. The molecule has 0 saturated heterocycles. The molecule has 0 aliphatic rings. The van der Waals surface area contributed by atoms with Gasteiger partial charge in [0.2, 0.25) is 5.69 Å². The first kappa shape index (κ1) is 22.6. The molecule has 0 aliphatic heterocycles. The van der Waals surface area contributed by atoms with E-state index in [0.717, 1.165) is 11.3 Å². The Morgan fingerprint density at radius 3 is 2.66 bits per heavy atom. The van der Waals surface area contributed by atoms with Crippen molar-refractivity contribution < 1.29 is 34.3 Å². The van der Waals surface area contributed by atoms with Gasteiger partial charge in [-0.1, -0.05) is 17.7 Å². The van der Waals surface area contributed by atoms with Crippen LogP contribution in [-0.2, 0) is 4.79 Å². The number of benzene rings is 2. The van der Waals surface area contributed by atoms with E-state index in [4.69, 9.17) is 31.0 Å². The third-order valence-electron chi connectivity index (χ3n) is 4.48. The topological polar surface area (TPSA) is 136 Å². The number of nitrogens with zero attached hydrogens (tertiary/aromatic N) is 1. The van der Waals surface area contributed by atoms with Gasteiger partial charge in [0, 0.05) is 6.07 Å². The van der Waals surface area contributed by atoms with Gasteiger partial charge in [0.1, 0.15) is 5.75 Å². The normalized spacial score (nSPS) is 10.2. The summed E-state index contributed by atoms with van der Waals surface area (Å²) >= 11 is 6.46. The first-order valence-electron chi connectivity index (χ1n) is 9.22. The standard InChI is InChI=1S/C21H16ClN3O4.CH2O2/c1-11-6-7-12(8-13(11)20(26)27)29-21-24-17-9-14(15(22)10-18(17)25-21)16-4-3-5-19(23-16)28-2;2-1-3/h3-10H,1-2H3,(H,24,25)(H,26,27);1H,(H,2,3)/p+1. The minimum atomic E-state index is -1.01. The second-order valence-electron chi connectivity index (χ2n) is 6.51. The molecule has 0 fully saturated rings. The molecule has 4 rings (SSSR count). The van der Waals surface area contributed by atoms with Gasteiger partial charge in [-0.15, -0.1) is 0 Å². The van der Waals surface area contributed by atoms with Crippen LogP contribution >= 0.6 is 11.6 Å². The van der Waals surface area contributed by atoms with Crippen LogP contribution in [0, 0.1) is 6.92 Å². The van der Waals surface area contributed by atoms with Crippen molar-refractivity contribution in [2.45, 2.75) is 6.92 Å². The van der Waals surface area contributed by atoms with Gasteiger partial charge in [-0.05, 0) is 42.8 Å². The summed E-state index contributed by atoms with van der Waals surface area (Å²) in [5, 5.41) is 16.7. The number of hydrogen-bond donors (Lipinski definition) is 3. The molecule has 32 heavy (non-hydrogen) atoms. The van der Waals surface area contributed by atoms with E-state index in [1.165, 1.54) is 6.07 Å². The monoisotopic (exact) mass is 456 g/mol. The van der Waals surface area contributed by atoms with Crippen LogP contribution in [0.1, 0.15) is 15.9 Å². The van der Waals surface area contributed by atoms with E-state index in [1.807, 2.05) is 24.3 Å². The number of carbonyl (C=O) groups is 2. The number of carboxylic acids is 1. The van der Waals surface area contributed by atoms with Crippen LogP contribution in [0.5, 0.6) is 17.6 Å². The van der Waals surface area contributed by atoms with Gasteiger partial charge in [0.15, 0.2) is 0 Å². The summed E-state index contributed by atoms with van der Waals surface area (Å²) in [5.74, 6) is -0.0265. The Labute approximate surface area is 187 Å². The summed E-state index contributed by atoms with van der Waals surface area (Å²) in [6.07, 6.45) is 0. The maximum Gasteiger partial charge on any atom is 0.366 e. The van der Waals surface area contributed by atoms with E-state index in [9.17, 15) is 9.90 Å². The molecule has 10 heteroatoms. The lowest BCUT2D eigenvalue weighted by Crippen LogP contribution is -2.10. The summed E-state index contributed by atoms with van der Waals surface area (Å²) in [7, 11) is 1.58. The molecule has 4 aromatic rings. The molecule has 0 spiro atoms. The average molecular weight is 457 g/mol. The maximum absolute atomic E-state index is 11.3. The zero-order valence-corrected chi connectivity index (χ0v) is 17.8. The number of halogens is 1. The highest BCUT2D eigenvalue weighted by Crippen LogP contribution is 2.32. The fourth-order valence-electron chi connectivity index (χ4n) is 2.99. The Hall–Kier alpha value is -4.11. The molecule has 0 atom stereocenters. The van der Waals surface area contributed by atoms with E-state index >= 15 is 0 Å². The molecule has 0 bridgehead atoms. The number of aryl methyl sites for hydroxylation is 1. The molecule has 0 aliphatic carbocycles. The first-order valence-corrected chi connectivity index (χ1v) is 9.59. The van der Waals surface area contributed by atoms with Crippen molar-refractivity contribution in [2.24, 2.45) is 0 Å². The van der Waals surface area contributed by atoms with Crippen LogP contribution in [0.4, 0.5) is 0 Å². The molecule has 2 aromatic carbocycles. The van der Waals surface area contributed by atoms with Gasteiger partial charge in [-0.25, -0.2) is 4.79 Å². The third kappa shape index (κ3) is 4.96. The van der Waals surface area contributed by atoms with Crippen LogP contribution in [-0.4, -0.2) is 39.7 Å². The molecule has 0 saturated carbocycles. The number of aromatic amines is 2. The lowest BCUT2D eigenvalue weighted by Gasteiger charge is -2.05. The van der Waals surface area contributed by atoms with Crippen LogP contribution in [0.25, 0.3) is 22.3 Å². The highest BCUT2D eigenvalue weighted by Gasteiger charge is 2.16. The van der Waals surface area contributed by atoms with Gasteiger partial charge in [-0.3, -0.25) is 4.79 Å². The third-order valence-corrected chi connectivity index (χ3v) is 4.79. The molecular formula is C22H19ClN3O6+. The number of aromatic carboxylic acids is 1. The predicted molar refractivity (Wildman–Crippen MR) is 117 cm³/mol. The summed E-state index contributed by atoms with van der Waals surface area (Å²) in [6.45, 7) is 1.48. The van der Waals surface area contributed by atoms with Crippen molar-refractivity contribution in [1.29, 1.82) is 0 Å². The van der Waals surface area contributed by atoms with Gasteiger partial charge >= 0.3 is 11.8 Å². The highest BCUT2D eigenvalue weighted by atomic mass is 35.5. The summed E-state index contributed by atoms with van der Waals surface area (Å²) in [5.41, 5.74) is 3.73. The van der Waals surface area contributed by atoms with Crippen molar-refractivity contribution in [2.75, 3.05) is 7.11 Å². The molecule has 0 unspecified atom stereocenters. The predicted octanol–water partition coefficient (Wildman–Crippen LogP) is 4.21. The van der Waals surface area contributed by atoms with Crippen molar-refractivity contribution in [1.82, 2.24) is 9.97 Å². The zero-order chi connectivity index (χ0) is 23.3. The highest BCUT2D eigenvalue weighted by molar-refractivity contribution is 6.34. The average Bonchev–Trinajstić information content (AvgIpc) is 3.15. The van der Waals surface area contributed by atoms with E-state index < -0.39 is 5.97 Å². The van der Waals surface area contributed by atoms with E-state index in [1.54, 1.807) is 32.2 Å². The molecule has 164 valence electrons. The van der Waals surface area contributed by atoms with Gasteiger partial charge in [0.05, 0.1) is 40.4 Å². The van der Waals surface area contributed by atoms with Gasteiger partial charge < -0.3 is 24.7 Å². The smallest absolute Gasteiger partial charge is 0.366 e. The molecular weight excluding hydrogens is 438 g/mol. The number of ether oxygens (including phenoxy) is 2. The van der Waals surface area contributed by atoms with Crippen LogP contribution < -0.4 is 14.5 Å². The van der Waals surface area contributed by atoms with E-state index in [2.05, 4.69) is 15.0 Å². The number of imidazole rings is 1. The number of fused-ring (bicyclic) bond motifs is 1. The van der Waals surface area contributed by atoms with Gasteiger partial charge in [0.25, 0.3) is 12.5 Å². The van der Waals surface area contributed by atoms with Crippen LogP contribution in [0.2, 0.25) is 5.02 Å². The fourth-order valence-corrected chi connectivity index (χ4v) is 3.26. The van der Waals surface area contributed by atoms with E-state index in [0.29, 0.717) is 33.2 Å². The Balaban J connectivity index is 0.000000913. The van der Waals surface area contributed by atoms with Crippen LogP contribution in [0.15, 0.2) is 48.5 Å². The Morgan fingerprint density at radius 1 is 1.22 bits per heavy atom. The van der Waals surface area contributed by atoms with E-state index in [-0.39, 0.29) is 18.0 Å². The van der Waals surface area contributed by atoms with Crippen molar-refractivity contribution in [3.05, 3.63) is 64.7 Å². The first-order chi connectivity index (χ1) is 15.4. The quantitative estimate of drug-likeness (QED) is 0.383. The van der Waals surface area contributed by atoms with Crippen molar-refractivity contribution in [3.63, 3.8) is 0 Å². The summed E-state index contributed by atoms with van der Waals surface area (Å²) in [6, 6.07) is 14.2. The van der Waals surface area contributed by atoms with Crippen LogP contribution in [0.3, 0.4) is 0 Å². The number of methoxy groups -OCH3 is 1. The minimum Gasteiger partial charge on any atom is -0.483 e. The minimum absolute atomic E-state index is 0.178. The molecule has 2 aromatic heterocycles. The lowest BCUT2D eigenvalue weighted by atomic mass is 10.1. The largest absolute Gasteiger partial charge is 0.483 e.